The van der Waals surface area contributed by atoms with E-state index in [0.717, 1.165) is 24.4 Å². The average Bonchev–Trinajstić information content (AvgIpc) is 2.40. The predicted molar refractivity (Wildman–Crippen MR) is 77.8 cm³/mol. The summed E-state index contributed by atoms with van der Waals surface area (Å²) >= 11 is 5.95. The summed E-state index contributed by atoms with van der Waals surface area (Å²) in [5, 5.41) is 4.01. The molecule has 2 rings (SSSR count). The van der Waals surface area contributed by atoms with Crippen LogP contribution in [0.15, 0.2) is 18.2 Å². The van der Waals surface area contributed by atoms with Crippen LogP contribution in [0.2, 0.25) is 5.02 Å². The van der Waals surface area contributed by atoms with Gasteiger partial charge in [0.05, 0.1) is 12.7 Å². The lowest BCUT2D eigenvalue weighted by Crippen LogP contribution is -2.27. The van der Waals surface area contributed by atoms with Crippen molar-refractivity contribution >= 4 is 23.3 Å². The number of methoxy groups -OCH3 is 1. The molecule has 0 bridgehead atoms. The van der Waals surface area contributed by atoms with E-state index in [-0.39, 0.29) is 5.97 Å². The topological polar surface area (TPSA) is 38.3 Å². The van der Waals surface area contributed by atoms with E-state index in [1.165, 1.54) is 20.0 Å². The van der Waals surface area contributed by atoms with Gasteiger partial charge in [-0.25, -0.2) is 4.79 Å². The lowest BCUT2D eigenvalue weighted by Gasteiger charge is -2.28. The second-order valence-electron chi connectivity index (χ2n) is 5.29. The molecule has 3 nitrogen and oxygen atoms in total. The minimum atomic E-state index is -0.353. The summed E-state index contributed by atoms with van der Waals surface area (Å²) in [6.07, 6.45) is 4.82. The molecule has 19 heavy (non-hydrogen) atoms. The van der Waals surface area contributed by atoms with Crippen molar-refractivity contribution in [2.24, 2.45) is 5.92 Å². The van der Waals surface area contributed by atoms with Crippen LogP contribution in [0.4, 0.5) is 5.69 Å². The summed E-state index contributed by atoms with van der Waals surface area (Å²) in [4.78, 5) is 11.8. The quantitative estimate of drug-likeness (QED) is 0.847. The molecule has 1 aromatic carbocycles. The average molecular weight is 282 g/mol. The van der Waals surface area contributed by atoms with Gasteiger partial charge in [-0.2, -0.15) is 0 Å². The van der Waals surface area contributed by atoms with E-state index in [9.17, 15) is 4.79 Å². The highest BCUT2D eigenvalue weighted by molar-refractivity contribution is 6.31. The van der Waals surface area contributed by atoms with Gasteiger partial charge in [-0.1, -0.05) is 31.4 Å². The third kappa shape index (κ3) is 3.63. The number of nitrogens with one attached hydrogen (secondary N) is 1. The summed E-state index contributed by atoms with van der Waals surface area (Å²) in [6, 6.07) is 5.73. The first-order chi connectivity index (χ1) is 9.10. The van der Waals surface area contributed by atoms with Gasteiger partial charge in [0.15, 0.2) is 0 Å². The fourth-order valence-electron chi connectivity index (χ4n) is 2.71. The Morgan fingerprint density at radius 2 is 2.21 bits per heavy atom. The van der Waals surface area contributed by atoms with Gasteiger partial charge in [0, 0.05) is 16.8 Å². The highest BCUT2D eigenvalue weighted by Gasteiger charge is 2.21. The lowest BCUT2D eigenvalue weighted by atomic mass is 9.87. The van der Waals surface area contributed by atoms with E-state index in [4.69, 9.17) is 16.3 Å². The highest BCUT2D eigenvalue weighted by atomic mass is 35.5. The van der Waals surface area contributed by atoms with Crippen LogP contribution < -0.4 is 5.32 Å². The van der Waals surface area contributed by atoms with Gasteiger partial charge in [-0.05, 0) is 37.0 Å². The maximum atomic E-state index is 11.8. The fraction of sp³-hybridized carbons (Fsp3) is 0.533. The third-order valence-electron chi connectivity index (χ3n) is 3.68. The summed E-state index contributed by atoms with van der Waals surface area (Å²) in [5.74, 6) is 0.383. The van der Waals surface area contributed by atoms with Crippen LogP contribution in [0.25, 0.3) is 0 Å². The molecule has 2 unspecified atom stereocenters. The molecule has 1 N–H and O–H groups in total. The zero-order chi connectivity index (χ0) is 13.8. The second-order valence-corrected chi connectivity index (χ2v) is 5.73. The molecule has 1 aromatic rings. The maximum absolute atomic E-state index is 11.8. The van der Waals surface area contributed by atoms with E-state index in [2.05, 4.69) is 12.2 Å². The molecule has 0 aliphatic heterocycles. The zero-order valence-electron chi connectivity index (χ0n) is 11.4. The minimum absolute atomic E-state index is 0.353. The number of benzene rings is 1. The Labute approximate surface area is 119 Å². The molecule has 1 aliphatic carbocycles. The van der Waals surface area contributed by atoms with Gasteiger partial charge in [0.25, 0.3) is 0 Å². The van der Waals surface area contributed by atoms with Crippen LogP contribution in [0.5, 0.6) is 0 Å². The molecular formula is C15H20ClNO2. The van der Waals surface area contributed by atoms with E-state index in [1.54, 1.807) is 12.1 Å². The molecule has 104 valence electrons. The number of esters is 1. The fourth-order valence-corrected chi connectivity index (χ4v) is 2.88. The number of carbonyl (C=O) groups is 1. The normalized spacial score (nSPS) is 22.9. The Hall–Kier alpha value is -1.22. The predicted octanol–water partition coefficient (Wildman–Crippen LogP) is 4.12. The van der Waals surface area contributed by atoms with Crippen LogP contribution in [-0.2, 0) is 4.74 Å². The van der Waals surface area contributed by atoms with Crippen LogP contribution in [0.1, 0.15) is 43.0 Å². The van der Waals surface area contributed by atoms with E-state index in [0.29, 0.717) is 16.6 Å². The van der Waals surface area contributed by atoms with E-state index < -0.39 is 0 Å². The molecule has 1 saturated carbocycles. The molecule has 0 heterocycles. The molecule has 0 aromatic heterocycles. The Morgan fingerprint density at radius 3 is 2.89 bits per heavy atom. The van der Waals surface area contributed by atoms with Gasteiger partial charge >= 0.3 is 5.97 Å². The van der Waals surface area contributed by atoms with Gasteiger partial charge in [-0.15, -0.1) is 0 Å². The van der Waals surface area contributed by atoms with Crippen molar-refractivity contribution in [3.63, 3.8) is 0 Å². The minimum Gasteiger partial charge on any atom is -0.465 e. The molecule has 2 atom stereocenters. The van der Waals surface area contributed by atoms with Gasteiger partial charge in [0.1, 0.15) is 0 Å². The van der Waals surface area contributed by atoms with Gasteiger partial charge in [-0.3, -0.25) is 0 Å². The summed E-state index contributed by atoms with van der Waals surface area (Å²) < 4.78 is 4.80. The molecule has 0 radical (unpaired) electrons. The van der Waals surface area contributed by atoms with Crippen molar-refractivity contribution in [2.75, 3.05) is 12.4 Å². The Morgan fingerprint density at radius 1 is 1.42 bits per heavy atom. The standard InChI is InChI=1S/C15H20ClNO2/c1-10-4-3-5-12(8-10)17-14-7-6-11(16)9-13(14)15(18)19-2/h6-7,9-10,12,17H,3-5,8H2,1-2H3. The first-order valence-electron chi connectivity index (χ1n) is 6.74. The largest absolute Gasteiger partial charge is 0.465 e. The van der Waals surface area contributed by atoms with Crippen LogP contribution in [0, 0.1) is 5.92 Å². The first-order valence-corrected chi connectivity index (χ1v) is 7.12. The highest BCUT2D eigenvalue weighted by Crippen LogP contribution is 2.28. The number of carbonyl (C=O) groups excluding carboxylic acids is 1. The zero-order valence-corrected chi connectivity index (χ0v) is 12.2. The smallest absolute Gasteiger partial charge is 0.340 e. The van der Waals surface area contributed by atoms with E-state index in [1.807, 2.05) is 6.07 Å². The molecule has 4 heteroatoms. The Bertz CT molecular complexity index is 461. The molecule has 0 amide bonds. The van der Waals surface area contributed by atoms with Crippen LogP contribution >= 0.6 is 11.6 Å². The Balaban J connectivity index is 2.17. The number of ether oxygens (including phenoxy) is 1. The molecule has 1 fully saturated rings. The van der Waals surface area contributed by atoms with Gasteiger partial charge in [0.2, 0.25) is 0 Å². The summed E-state index contributed by atoms with van der Waals surface area (Å²) in [7, 11) is 1.38. The number of rotatable bonds is 3. The maximum Gasteiger partial charge on any atom is 0.340 e. The first kappa shape index (κ1) is 14.2. The molecule has 1 aliphatic rings. The van der Waals surface area contributed by atoms with Crippen molar-refractivity contribution in [3.05, 3.63) is 28.8 Å². The van der Waals surface area contributed by atoms with E-state index >= 15 is 0 Å². The van der Waals surface area contributed by atoms with Crippen molar-refractivity contribution in [2.45, 2.75) is 38.6 Å². The second kappa shape index (κ2) is 6.29. The van der Waals surface area contributed by atoms with Gasteiger partial charge < -0.3 is 10.1 Å². The molecule has 0 spiro atoms. The van der Waals surface area contributed by atoms with Crippen molar-refractivity contribution in [1.82, 2.24) is 0 Å². The lowest BCUT2D eigenvalue weighted by molar-refractivity contribution is 0.0602. The molecular weight excluding hydrogens is 262 g/mol. The van der Waals surface area contributed by atoms with Crippen molar-refractivity contribution in [3.8, 4) is 0 Å². The Kier molecular flexibility index (Phi) is 4.70. The van der Waals surface area contributed by atoms with Crippen LogP contribution in [0.3, 0.4) is 0 Å². The number of halogens is 1. The number of hydrogen-bond acceptors (Lipinski definition) is 3. The van der Waals surface area contributed by atoms with Crippen LogP contribution in [-0.4, -0.2) is 19.1 Å². The van der Waals surface area contributed by atoms with Crippen molar-refractivity contribution < 1.29 is 9.53 Å². The van der Waals surface area contributed by atoms with Crippen molar-refractivity contribution in [1.29, 1.82) is 0 Å². The number of hydrogen-bond donors (Lipinski definition) is 1. The molecule has 0 saturated heterocycles. The number of anilines is 1. The summed E-state index contributed by atoms with van der Waals surface area (Å²) in [6.45, 7) is 2.27. The summed E-state index contributed by atoms with van der Waals surface area (Å²) in [5.41, 5.74) is 1.32. The monoisotopic (exact) mass is 281 g/mol. The SMILES string of the molecule is COC(=O)c1cc(Cl)ccc1NC1CCCC(C)C1. The third-order valence-corrected chi connectivity index (χ3v) is 3.92.